The zero-order valence-corrected chi connectivity index (χ0v) is 20.7. The number of aromatic nitrogens is 4. The lowest BCUT2D eigenvalue weighted by Gasteiger charge is -2.40. The quantitative estimate of drug-likeness (QED) is 0.226. The number of carbonyl (C=O) groups excluding carboxylic acids is 1. The number of nitrogens with one attached hydrogen (secondary N) is 1. The molecule has 39 heavy (non-hydrogen) atoms. The van der Waals surface area contributed by atoms with Gasteiger partial charge < -0.3 is 10.1 Å². The smallest absolute Gasteiger partial charge is 0.310 e. The molecule has 1 N–H and O–H groups in total. The summed E-state index contributed by atoms with van der Waals surface area (Å²) < 4.78 is 75.8. The number of pyridine rings is 1. The van der Waals surface area contributed by atoms with Gasteiger partial charge in [-0.15, -0.1) is 0 Å². The highest BCUT2D eigenvalue weighted by Crippen LogP contribution is 3.02. The molecule has 0 spiro atoms. The van der Waals surface area contributed by atoms with Crippen molar-refractivity contribution in [3.63, 3.8) is 0 Å². The number of nitrogens with zero attached hydrogens (tertiary/aromatic N) is 5. The van der Waals surface area contributed by atoms with Gasteiger partial charge in [0.2, 0.25) is 0 Å². The largest absolute Gasteiger partial charge is 0.495 e. The van der Waals surface area contributed by atoms with Crippen molar-refractivity contribution in [3.05, 3.63) is 90.5 Å². The lowest BCUT2D eigenvalue weighted by atomic mass is 10.1. The molecule has 0 unspecified atom stereocenters. The second-order valence-electron chi connectivity index (χ2n) is 8.41. The van der Waals surface area contributed by atoms with Crippen LogP contribution in [0, 0.1) is 11.3 Å². The van der Waals surface area contributed by atoms with Crippen LogP contribution < -0.4 is 10.1 Å². The predicted octanol–water partition coefficient (Wildman–Crippen LogP) is 6.98. The Labute approximate surface area is 217 Å². The van der Waals surface area contributed by atoms with E-state index in [0.717, 1.165) is 11.6 Å². The highest BCUT2D eigenvalue weighted by molar-refractivity contribution is 8.45. The number of carbonyl (C=O) groups is 1. The first-order chi connectivity index (χ1) is 18.2. The van der Waals surface area contributed by atoms with E-state index in [4.69, 9.17) is 10.00 Å². The van der Waals surface area contributed by atoms with Gasteiger partial charge in [0.05, 0.1) is 30.1 Å². The van der Waals surface area contributed by atoms with Gasteiger partial charge in [-0.25, -0.2) is 4.52 Å². The highest BCUT2D eigenvalue weighted by Gasteiger charge is 2.65. The number of halogens is 5. The first-order valence-corrected chi connectivity index (χ1v) is 13.0. The monoisotopic (exact) mass is 560 g/mol. The summed E-state index contributed by atoms with van der Waals surface area (Å²) in [5.74, 6) is -0.725. The van der Waals surface area contributed by atoms with Gasteiger partial charge in [0.1, 0.15) is 16.3 Å². The molecule has 5 rings (SSSR count). The minimum absolute atomic E-state index is 0.0203. The molecule has 8 nitrogen and oxygen atoms in total. The third-order valence-electron chi connectivity index (χ3n) is 5.72. The molecule has 3 aromatic heterocycles. The third kappa shape index (κ3) is 5.12. The van der Waals surface area contributed by atoms with Crippen LogP contribution in [0.5, 0.6) is 5.75 Å². The molecule has 0 aliphatic rings. The summed E-state index contributed by atoms with van der Waals surface area (Å²) in [5.41, 5.74) is 1.14. The van der Waals surface area contributed by atoms with Crippen LogP contribution in [-0.2, 0) is 0 Å². The fraction of sp³-hybridized carbons (Fsp3) is 0.0400. The Morgan fingerprint density at radius 2 is 1.85 bits per heavy atom. The maximum atomic E-state index is 13.4. The van der Waals surface area contributed by atoms with Gasteiger partial charge in [-0.3, -0.25) is 14.3 Å². The lowest BCUT2D eigenvalue weighted by molar-refractivity contribution is 0.102. The maximum Gasteiger partial charge on any atom is 0.310 e. The molecule has 1 amide bonds. The summed E-state index contributed by atoms with van der Waals surface area (Å²) in [6.45, 7) is 0. The van der Waals surface area contributed by atoms with E-state index in [0.29, 0.717) is 22.8 Å². The van der Waals surface area contributed by atoms with Gasteiger partial charge in [-0.1, -0.05) is 19.4 Å². The number of benzene rings is 2. The van der Waals surface area contributed by atoms with Crippen LogP contribution in [0.2, 0.25) is 0 Å². The van der Waals surface area contributed by atoms with E-state index in [1.165, 1.54) is 31.4 Å². The normalized spacial score (nSPS) is 13.4. The van der Waals surface area contributed by atoms with E-state index in [1.807, 2.05) is 6.07 Å². The summed E-state index contributed by atoms with van der Waals surface area (Å²) in [6, 6.07) is 12.1. The second-order valence-corrected chi connectivity index (χ2v) is 10.8. The van der Waals surface area contributed by atoms with Crippen LogP contribution in [0.4, 0.5) is 25.1 Å². The van der Waals surface area contributed by atoms with Crippen LogP contribution in [0.1, 0.15) is 15.9 Å². The molecule has 200 valence electrons. The molecule has 0 atom stereocenters. The van der Waals surface area contributed by atoms with E-state index in [9.17, 15) is 24.2 Å². The third-order valence-corrected chi connectivity index (χ3v) is 6.84. The molecule has 0 saturated heterocycles. The Morgan fingerprint density at radius 3 is 2.51 bits per heavy atom. The number of methoxy groups -OCH3 is 1. The van der Waals surface area contributed by atoms with Crippen molar-refractivity contribution in [3.8, 4) is 28.8 Å². The van der Waals surface area contributed by atoms with Gasteiger partial charge in [-0.05, 0) is 48.5 Å². The zero-order chi connectivity index (χ0) is 28.1. The zero-order valence-electron chi connectivity index (χ0n) is 19.9. The number of hydrogen-bond donors (Lipinski definition) is 1. The number of amides is 1. The second kappa shape index (κ2) is 8.30. The molecule has 2 aromatic carbocycles. The molecular weight excluding hydrogens is 543 g/mol. The Balaban J connectivity index is 1.52. The van der Waals surface area contributed by atoms with Gasteiger partial charge in [-0.2, -0.15) is 10.4 Å². The van der Waals surface area contributed by atoms with E-state index in [1.54, 1.807) is 46.0 Å². The molecule has 0 radical (unpaired) electrons. The Hall–Kier alpha value is -4.90. The van der Waals surface area contributed by atoms with Crippen LogP contribution in [0.25, 0.3) is 22.6 Å². The van der Waals surface area contributed by atoms with E-state index in [-0.39, 0.29) is 17.8 Å². The van der Waals surface area contributed by atoms with E-state index < -0.39 is 32.2 Å². The van der Waals surface area contributed by atoms with Crippen molar-refractivity contribution < 1.29 is 29.0 Å². The number of imidazole rings is 1. The summed E-state index contributed by atoms with van der Waals surface area (Å²) in [4.78, 5) is 14.6. The van der Waals surface area contributed by atoms with Crippen molar-refractivity contribution in [2.45, 2.75) is 4.90 Å². The van der Waals surface area contributed by atoms with Gasteiger partial charge in [0.15, 0.2) is 0 Å². The van der Waals surface area contributed by atoms with Gasteiger partial charge in [0.25, 0.3) is 5.91 Å². The van der Waals surface area contributed by atoms with Gasteiger partial charge in [0, 0.05) is 47.7 Å². The van der Waals surface area contributed by atoms with Crippen LogP contribution in [0.3, 0.4) is 0 Å². The molecule has 5 aromatic rings. The number of anilines is 1. The van der Waals surface area contributed by atoms with Crippen molar-refractivity contribution in [2.24, 2.45) is 0 Å². The summed E-state index contributed by atoms with van der Waals surface area (Å²) >= 11 is 0. The fourth-order valence-corrected chi connectivity index (χ4v) is 4.62. The molecule has 0 saturated carbocycles. The average molecular weight is 561 g/mol. The van der Waals surface area contributed by atoms with E-state index in [2.05, 4.69) is 15.4 Å². The molecular formula is C25H17F5N6O2S. The Morgan fingerprint density at radius 1 is 1.05 bits per heavy atom. The minimum Gasteiger partial charge on any atom is -0.495 e. The SMILES string of the molecule is COc1ccc(NC(=O)c2cc(C#N)cc(S(F)(F)(F)(F)F)c2)cc1-n1ccn2nc(-c3cccnc3)cc12. The van der Waals surface area contributed by atoms with Crippen molar-refractivity contribution >= 4 is 27.5 Å². The van der Waals surface area contributed by atoms with Crippen molar-refractivity contribution in [1.82, 2.24) is 19.2 Å². The molecule has 3 heterocycles. The number of hydrogen-bond acceptors (Lipinski definition) is 5. The topological polar surface area (TPSA) is 97.2 Å². The molecule has 0 aliphatic heterocycles. The minimum atomic E-state index is -10.1. The number of fused-ring (bicyclic) bond motifs is 1. The maximum absolute atomic E-state index is 13.4. The summed E-state index contributed by atoms with van der Waals surface area (Å²) in [7, 11) is -8.71. The number of nitriles is 1. The summed E-state index contributed by atoms with van der Waals surface area (Å²) in [5, 5.41) is 16.0. The lowest BCUT2D eigenvalue weighted by Crippen LogP contribution is -2.15. The molecule has 0 fully saturated rings. The number of rotatable bonds is 6. The predicted molar refractivity (Wildman–Crippen MR) is 135 cm³/mol. The van der Waals surface area contributed by atoms with Crippen LogP contribution in [-0.4, -0.2) is 32.2 Å². The standard InChI is InChI=1S/C25H17F5N6O2S/c1-38-23-5-4-19(33-25(37)18-9-16(14-31)10-20(11-18)39(26,27,28,29)30)12-22(23)35-7-8-36-24(35)13-21(34-36)17-3-2-6-32-15-17/h2-13,15H,1H3,(H,33,37). The number of ether oxygens (including phenoxy) is 1. The fourth-order valence-electron chi connectivity index (χ4n) is 3.92. The first kappa shape index (κ1) is 25.7. The summed E-state index contributed by atoms with van der Waals surface area (Å²) in [6.07, 6.45) is 6.68. The van der Waals surface area contributed by atoms with Crippen molar-refractivity contribution in [1.29, 1.82) is 5.26 Å². The van der Waals surface area contributed by atoms with Crippen molar-refractivity contribution in [2.75, 3.05) is 12.4 Å². The molecule has 0 aliphatic carbocycles. The highest BCUT2D eigenvalue weighted by atomic mass is 32.5. The Bertz CT molecular complexity index is 1800. The molecule has 0 bridgehead atoms. The van der Waals surface area contributed by atoms with Crippen LogP contribution >= 0.6 is 10.2 Å². The Kier molecular flexibility index (Phi) is 5.48. The van der Waals surface area contributed by atoms with E-state index >= 15 is 0 Å². The first-order valence-electron chi connectivity index (χ1n) is 11.0. The average Bonchev–Trinajstić information content (AvgIpc) is 3.49. The van der Waals surface area contributed by atoms with Crippen LogP contribution in [0.15, 0.2) is 84.3 Å². The molecule has 14 heteroatoms. The van der Waals surface area contributed by atoms with Gasteiger partial charge >= 0.3 is 10.2 Å².